The van der Waals surface area contributed by atoms with Crippen LogP contribution in [0.15, 0.2) is 64.2 Å². The number of fused-ring (bicyclic) bond motifs is 1. The number of benzene rings is 3. The van der Waals surface area contributed by atoms with Gasteiger partial charge in [0, 0.05) is 10.0 Å². The molecule has 5 heteroatoms. The Hall–Kier alpha value is -2.66. The van der Waals surface area contributed by atoms with Crippen molar-refractivity contribution < 1.29 is 9.90 Å². The lowest BCUT2D eigenvalue weighted by Crippen LogP contribution is -2.19. The standard InChI is InChI=1S/C20H17BrN2O2/c1-13-6-9-19(24)15(10-13)12-22-23-20(25)11-14-7-8-18(21)17-5-3-2-4-16(14)17/h2-10,12,24H,11H2,1H3,(H,23,25)/b22-12+. The molecular weight excluding hydrogens is 380 g/mol. The van der Waals surface area contributed by atoms with E-state index < -0.39 is 0 Å². The number of amides is 1. The van der Waals surface area contributed by atoms with Crippen LogP contribution in [0.5, 0.6) is 5.75 Å². The number of hydrazone groups is 1. The van der Waals surface area contributed by atoms with Crippen LogP contribution in [0.1, 0.15) is 16.7 Å². The monoisotopic (exact) mass is 396 g/mol. The van der Waals surface area contributed by atoms with Gasteiger partial charge in [-0.2, -0.15) is 5.10 Å². The van der Waals surface area contributed by atoms with Crippen molar-refractivity contribution in [1.29, 1.82) is 0 Å². The number of carbonyl (C=O) groups excluding carboxylic acids is 1. The predicted molar refractivity (Wildman–Crippen MR) is 104 cm³/mol. The second-order valence-corrected chi connectivity index (χ2v) is 6.64. The predicted octanol–water partition coefficient (Wildman–Crippen LogP) is 4.31. The molecule has 0 aliphatic rings. The van der Waals surface area contributed by atoms with E-state index in [1.165, 1.54) is 6.21 Å². The first-order chi connectivity index (χ1) is 12.0. The smallest absolute Gasteiger partial charge is 0.244 e. The minimum atomic E-state index is -0.212. The van der Waals surface area contributed by atoms with Gasteiger partial charge in [0.1, 0.15) is 5.75 Å². The zero-order chi connectivity index (χ0) is 17.8. The molecule has 0 saturated carbocycles. The summed E-state index contributed by atoms with van der Waals surface area (Å²) in [5.41, 5.74) is 5.02. The zero-order valence-corrected chi connectivity index (χ0v) is 15.2. The number of hydrogen-bond acceptors (Lipinski definition) is 3. The molecule has 0 atom stereocenters. The lowest BCUT2D eigenvalue weighted by molar-refractivity contribution is -0.120. The molecule has 0 spiro atoms. The average molecular weight is 397 g/mol. The van der Waals surface area contributed by atoms with Crippen LogP contribution in [0.25, 0.3) is 10.8 Å². The maximum Gasteiger partial charge on any atom is 0.244 e. The van der Waals surface area contributed by atoms with Crippen molar-refractivity contribution in [3.8, 4) is 5.75 Å². The summed E-state index contributed by atoms with van der Waals surface area (Å²) in [7, 11) is 0. The lowest BCUT2D eigenvalue weighted by atomic mass is 10.0. The third kappa shape index (κ3) is 4.06. The molecule has 0 heterocycles. The molecule has 0 unspecified atom stereocenters. The van der Waals surface area contributed by atoms with Gasteiger partial charge in [-0.15, -0.1) is 0 Å². The van der Waals surface area contributed by atoms with Gasteiger partial charge in [-0.05, 0) is 41.5 Å². The maximum absolute atomic E-state index is 12.2. The van der Waals surface area contributed by atoms with E-state index in [0.29, 0.717) is 5.56 Å². The second kappa shape index (κ2) is 7.49. The normalized spacial score (nSPS) is 11.1. The van der Waals surface area contributed by atoms with Gasteiger partial charge in [0.15, 0.2) is 0 Å². The van der Waals surface area contributed by atoms with Gasteiger partial charge in [0.05, 0.1) is 12.6 Å². The molecule has 4 nitrogen and oxygen atoms in total. The number of hydrogen-bond donors (Lipinski definition) is 2. The molecule has 0 radical (unpaired) electrons. The number of phenols is 1. The topological polar surface area (TPSA) is 61.7 Å². The maximum atomic E-state index is 12.2. The van der Waals surface area contributed by atoms with Gasteiger partial charge in [-0.3, -0.25) is 4.79 Å². The lowest BCUT2D eigenvalue weighted by Gasteiger charge is -2.07. The van der Waals surface area contributed by atoms with Gasteiger partial charge in [-0.25, -0.2) is 5.43 Å². The van der Waals surface area contributed by atoms with Crippen LogP contribution < -0.4 is 5.43 Å². The molecular formula is C20H17BrN2O2. The number of phenolic OH excluding ortho intramolecular Hbond substituents is 1. The molecule has 0 fully saturated rings. The Morgan fingerprint density at radius 1 is 1.16 bits per heavy atom. The van der Waals surface area contributed by atoms with Crippen LogP contribution in [-0.2, 0) is 11.2 Å². The average Bonchev–Trinajstić information content (AvgIpc) is 2.61. The van der Waals surface area contributed by atoms with Crippen molar-refractivity contribution in [1.82, 2.24) is 5.43 Å². The number of aryl methyl sites for hydroxylation is 1. The third-order valence-corrected chi connectivity index (χ3v) is 4.58. The van der Waals surface area contributed by atoms with E-state index in [1.54, 1.807) is 12.1 Å². The Bertz CT molecular complexity index is 967. The van der Waals surface area contributed by atoms with Crippen molar-refractivity contribution in [2.75, 3.05) is 0 Å². The van der Waals surface area contributed by atoms with Crippen molar-refractivity contribution >= 4 is 38.8 Å². The second-order valence-electron chi connectivity index (χ2n) is 5.78. The van der Waals surface area contributed by atoms with E-state index in [1.807, 2.05) is 49.4 Å². The fraction of sp³-hybridized carbons (Fsp3) is 0.100. The van der Waals surface area contributed by atoms with E-state index in [9.17, 15) is 9.90 Å². The summed E-state index contributed by atoms with van der Waals surface area (Å²) < 4.78 is 1.00. The SMILES string of the molecule is Cc1ccc(O)c(/C=N/NC(=O)Cc2ccc(Br)c3ccccc23)c1. The molecule has 0 aromatic heterocycles. The van der Waals surface area contributed by atoms with Gasteiger partial charge in [0.2, 0.25) is 5.91 Å². The molecule has 0 aliphatic carbocycles. The Kier molecular flexibility index (Phi) is 5.14. The van der Waals surface area contributed by atoms with Crippen LogP contribution in [0.4, 0.5) is 0 Å². The Morgan fingerprint density at radius 3 is 2.72 bits per heavy atom. The molecule has 0 saturated heterocycles. The highest BCUT2D eigenvalue weighted by Crippen LogP contribution is 2.27. The van der Waals surface area contributed by atoms with E-state index >= 15 is 0 Å². The summed E-state index contributed by atoms with van der Waals surface area (Å²) in [6.07, 6.45) is 1.67. The summed E-state index contributed by atoms with van der Waals surface area (Å²) in [5, 5.41) is 15.8. The van der Waals surface area contributed by atoms with Crippen LogP contribution >= 0.6 is 15.9 Å². The molecule has 0 aliphatic heterocycles. The Balaban J connectivity index is 1.72. The molecule has 0 bridgehead atoms. The summed E-state index contributed by atoms with van der Waals surface area (Å²) in [6.45, 7) is 1.92. The summed E-state index contributed by atoms with van der Waals surface area (Å²) in [6, 6.07) is 17.0. The minimum Gasteiger partial charge on any atom is -0.507 e. The molecule has 3 rings (SSSR count). The summed E-state index contributed by atoms with van der Waals surface area (Å²) in [4.78, 5) is 12.2. The highest BCUT2D eigenvalue weighted by molar-refractivity contribution is 9.10. The molecule has 126 valence electrons. The summed E-state index contributed by atoms with van der Waals surface area (Å²) >= 11 is 3.53. The third-order valence-electron chi connectivity index (χ3n) is 3.89. The number of carbonyl (C=O) groups is 1. The Morgan fingerprint density at radius 2 is 1.92 bits per heavy atom. The van der Waals surface area contributed by atoms with Gasteiger partial charge in [0.25, 0.3) is 0 Å². The van der Waals surface area contributed by atoms with Gasteiger partial charge >= 0.3 is 0 Å². The number of aromatic hydroxyl groups is 1. The molecule has 3 aromatic rings. The van der Waals surface area contributed by atoms with Crippen LogP contribution in [0.3, 0.4) is 0 Å². The first-order valence-electron chi connectivity index (χ1n) is 7.82. The minimum absolute atomic E-state index is 0.127. The zero-order valence-electron chi connectivity index (χ0n) is 13.7. The number of rotatable bonds is 4. The highest BCUT2D eigenvalue weighted by atomic mass is 79.9. The first-order valence-corrected chi connectivity index (χ1v) is 8.61. The van der Waals surface area contributed by atoms with Crippen molar-refractivity contribution in [2.24, 2.45) is 5.10 Å². The largest absolute Gasteiger partial charge is 0.507 e. The van der Waals surface area contributed by atoms with Crippen LogP contribution in [0.2, 0.25) is 0 Å². The quantitative estimate of drug-likeness (QED) is 0.509. The van der Waals surface area contributed by atoms with E-state index in [-0.39, 0.29) is 18.1 Å². The van der Waals surface area contributed by atoms with E-state index in [4.69, 9.17) is 0 Å². The van der Waals surface area contributed by atoms with E-state index in [2.05, 4.69) is 26.5 Å². The number of halogens is 1. The molecule has 1 amide bonds. The van der Waals surface area contributed by atoms with Crippen molar-refractivity contribution in [3.63, 3.8) is 0 Å². The molecule has 3 aromatic carbocycles. The fourth-order valence-corrected chi connectivity index (χ4v) is 3.12. The first kappa shape index (κ1) is 17.2. The number of nitrogens with one attached hydrogen (secondary N) is 1. The van der Waals surface area contributed by atoms with Crippen LogP contribution in [-0.4, -0.2) is 17.2 Å². The molecule has 2 N–H and O–H groups in total. The number of nitrogens with zero attached hydrogens (tertiary/aromatic N) is 1. The van der Waals surface area contributed by atoms with Crippen molar-refractivity contribution in [2.45, 2.75) is 13.3 Å². The van der Waals surface area contributed by atoms with Crippen molar-refractivity contribution in [3.05, 3.63) is 75.8 Å². The Labute approximate surface area is 154 Å². The fourth-order valence-electron chi connectivity index (χ4n) is 2.64. The highest BCUT2D eigenvalue weighted by Gasteiger charge is 2.08. The van der Waals surface area contributed by atoms with Crippen LogP contribution in [0, 0.1) is 6.92 Å². The van der Waals surface area contributed by atoms with Gasteiger partial charge < -0.3 is 5.11 Å². The van der Waals surface area contributed by atoms with E-state index in [0.717, 1.165) is 26.4 Å². The summed E-state index contributed by atoms with van der Waals surface area (Å²) in [5.74, 6) is -0.0848. The molecule has 25 heavy (non-hydrogen) atoms. The van der Waals surface area contributed by atoms with Gasteiger partial charge in [-0.1, -0.05) is 57.9 Å².